The van der Waals surface area contributed by atoms with Crippen LogP contribution in [0.3, 0.4) is 0 Å². The standard InChI is InChI=1S/C38H53N7O8/c1-7-12-25-16-19-45(37(51)30(23(5)6)44-34(48)29(22(3)4)43-33(47)28-21-39-17-18-40-28)31(25)35(49)41-26(13-8-2)32(46)36(50)42-27(38(52)53)20-24-14-10-9-11-15-24/h9-11,14-15,17-18,21-23,25-27,29-31H,7-8,12-13,16,19-20H2,1-6H3,(H,41,49)(H,42,50)(H,43,47)(H,44,48)(H,52,53)/t25?,26?,27-,29-,30?,31-/m0/s1. The van der Waals surface area contributed by atoms with Gasteiger partial charge >= 0.3 is 5.97 Å². The van der Waals surface area contributed by atoms with Gasteiger partial charge in [-0.25, -0.2) is 9.78 Å². The van der Waals surface area contributed by atoms with Crippen molar-refractivity contribution in [1.29, 1.82) is 0 Å². The van der Waals surface area contributed by atoms with Gasteiger partial charge in [0.2, 0.25) is 23.5 Å². The lowest BCUT2D eigenvalue weighted by molar-refractivity contribution is -0.146. The number of carboxylic acids is 1. The second-order valence-electron chi connectivity index (χ2n) is 14.1. The number of hydrogen-bond acceptors (Lipinski definition) is 9. The van der Waals surface area contributed by atoms with E-state index in [2.05, 4.69) is 31.2 Å². The normalized spacial score (nSPS) is 17.7. The fourth-order valence-corrected chi connectivity index (χ4v) is 6.49. The van der Waals surface area contributed by atoms with Crippen molar-refractivity contribution in [2.24, 2.45) is 17.8 Å². The number of nitrogens with one attached hydrogen (secondary N) is 4. The van der Waals surface area contributed by atoms with Crippen LogP contribution in [0.4, 0.5) is 0 Å². The first-order chi connectivity index (χ1) is 25.2. The van der Waals surface area contributed by atoms with E-state index in [9.17, 15) is 38.7 Å². The molecular weight excluding hydrogens is 682 g/mol. The van der Waals surface area contributed by atoms with Crippen molar-refractivity contribution in [1.82, 2.24) is 36.1 Å². The van der Waals surface area contributed by atoms with Gasteiger partial charge in [-0.2, -0.15) is 0 Å². The van der Waals surface area contributed by atoms with E-state index in [1.807, 2.05) is 6.92 Å². The number of nitrogens with zero attached hydrogens (tertiary/aromatic N) is 3. The summed E-state index contributed by atoms with van der Waals surface area (Å²) in [6.07, 6.45) is 6.38. The lowest BCUT2D eigenvalue weighted by Gasteiger charge is -2.34. The molecule has 1 aliphatic heterocycles. The molecule has 5 N–H and O–H groups in total. The van der Waals surface area contributed by atoms with Crippen molar-refractivity contribution < 1.29 is 38.7 Å². The molecule has 288 valence electrons. The molecule has 1 fully saturated rings. The third-order valence-corrected chi connectivity index (χ3v) is 9.32. The minimum absolute atomic E-state index is 0.0292. The van der Waals surface area contributed by atoms with Gasteiger partial charge in [0.05, 0.1) is 12.2 Å². The highest BCUT2D eigenvalue weighted by atomic mass is 16.4. The number of aliphatic carboxylic acids is 1. The molecule has 3 unspecified atom stereocenters. The van der Waals surface area contributed by atoms with Crippen LogP contribution in [-0.4, -0.2) is 98.0 Å². The Labute approximate surface area is 310 Å². The Morgan fingerprint density at radius 3 is 2.09 bits per heavy atom. The van der Waals surface area contributed by atoms with Gasteiger partial charge in [-0.05, 0) is 42.6 Å². The van der Waals surface area contributed by atoms with Crippen molar-refractivity contribution in [3.05, 3.63) is 60.2 Å². The summed E-state index contributed by atoms with van der Waals surface area (Å²) in [6.45, 7) is 11.0. The molecule has 0 aliphatic carbocycles. The first-order valence-electron chi connectivity index (χ1n) is 18.3. The molecule has 5 amide bonds. The predicted molar refractivity (Wildman–Crippen MR) is 195 cm³/mol. The number of carboxylic acid groups (broad SMARTS) is 1. The van der Waals surface area contributed by atoms with E-state index in [0.717, 1.165) is 6.42 Å². The number of amides is 5. The Morgan fingerprint density at radius 1 is 0.849 bits per heavy atom. The number of Topliss-reactive ketones (excluding diaryl/α,β-unsaturated/α-hetero) is 1. The molecule has 15 nitrogen and oxygen atoms in total. The zero-order valence-electron chi connectivity index (χ0n) is 31.3. The SMILES string of the molecule is CCCC(NC(=O)[C@@H]1C(CCC)CCN1C(=O)C(NC(=O)[C@@H](NC(=O)c1cnccn1)C(C)C)C(C)C)C(=O)C(=O)N[C@@H](Cc1ccccc1)C(=O)O. The molecule has 53 heavy (non-hydrogen) atoms. The maximum atomic E-state index is 14.3. The molecule has 0 spiro atoms. The fourth-order valence-electron chi connectivity index (χ4n) is 6.49. The molecule has 3 rings (SSSR count). The molecule has 0 bridgehead atoms. The van der Waals surface area contributed by atoms with Crippen LogP contribution >= 0.6 is 0 Å². The molecule has 2 aromatic rings. The lowest BCUT2D eigenvalue weighted by Crippen LogP contribution is -2.60. The first-order valence-corrected chi connectivity index (χ1v) is 18.3. The number of ketones is 1. The van der Waals surface area contributed by atoms with Gasteiger partial charge in [0.1, 0.15) is 29.9 Å². The first kappa shape index (κ1) is 42.2. The van der Waals surface area contributed by atoms with E-state index in [-0.39, 0.29) is 36.9 Å². The smallest absolute Gasteiger partial charge is 0.326 e. The van der Waals surface area contributed by atoms with E-state index in [0.29, 0.717) is 24.8 Å². The highest BCUT2D eigenvalue weighted by molar-refractivity contribution is 6.38. The van der Waals surface area contributed by atoms with Crippen molar-refractivity contribution in [3.63, 3.8) is 0 Å². The van der Waals surface area contributed by atoms with E-state index in [1.165, 1.54) is 23.5 Å². The van der Waals surface area contributed by atoms with Crippen LogP contribution in [-0.2, 0) is 35.2 Å². The summed E-state index contributed by atoms with van der Waals surface area (Å²) in [6, 6.07) is 2.98. The summed E-state index contributed by atoms with van der Waals surface area (Å²) < 4.78 is 0. The fraction of sp³-hybridized carbons (Fsp3) is 0.553. The topological polar surface area (TPSA) is 217 Å². The van der Waals surface area contributed by atoms with Crippen molar-refractivity contribution in [2.45, 2.75) is 110 Å². The second-order valence-corrected chi connectivity index (χ2v) is 14.1. The number of hydrogen-bond donors (Lipinski definition) is 5. The average Bonchev–Trinajstić information content (AvgIpc) is 3.55. The lowest BCUT2D eigenvalue weighted by atomic mass is 9.93. The maximum Gasteiger partial charge on any atom is 0.326 e. The van der Waals surface area contributed by atoms with Gasteiger partial charge in [0.15, 0.2) is 0 Å². The predicted octanol–water partition coefficient (Wildman–Crippen LogP) is 2.06. The molecule has 1 saturated heterocycles. The van der Waals surface area contributed by atoms with Gasteiger partial charge < -0.3 is 31.3 Å². The van der Waals surface area contributed by atoms with E-state index < -0.39 is 77.4 Å². The van der Waals surface area contributed by atoms with E-state index >= 15 is 0 Å². The second kappa shape index (κ2) is 20.1. The molecule has 2 heterocycles. The maximum absolute atomic E-state index is 14.3. The van der Waals surface area contributed by atoms with Crippen LogP contribution in [0.2, 0.25) is 0 Å². The summed E-state index contributed by atoms with van der Waals surface area (Å²) in [5.74, 6) is -6.73. The Bertz CT molecular complexity index is 1590. The number of benzene rings is 1. The Balaban J connectivity index is 1.79. The number of likely N-dealkylation sites (tertiary alicyclic amines) is 1. The van der Waals surface area contributed by atoms with Crippen molar-refractivity contribution >= 4 is 41.3 Å². The molecule has 1 aromatic heterocycles. The summed E-state index contributed by atoms with van der Waals surface area (Å²) in [7, 11) is 0. The van der Waals surface area contributed by atoms with Gasteiger partial charge in [0.25, 0.3) is 11.8 Å². The molecule has 15 heteroatoms. The van der Waals surface area contributed by atoms with Crippen molar-refractivity contribution in [2.75, 3.05) is 6.54 Å². The average molecular weight is 736 g/mol. The minimum atomic E-state index is -1.37. The highest BCUT2D eigenvalue weighted by Crippen LogP contribution is 2.30. The molecule has 0 radical (unpaired) electrons. The zero-order chi connectivity index (χ0) is 39.2. The zero-order valence-corrected chi connectivity index (χ0v) is 31.3. The van der Waals surface area contributed by atoms with E-state index in [1.54, 1.807) is 65.0 Å². The largest absolute Gasteiger partial charge is 0.480 e. The van der Waals surface area contributed by atoms with Crippen LogP contribution in [0.25, 0.3) is 0 Å². The summed E-state index contributed by atoms with van der Waals surface area (Å²) in [5, 5.41) is 20.3. The van der Waals surface area contributed by atoms with Crippen LogP contribution in [0.15, 0.2) is 48.9 Å². The van der Waals surface area contributed by atoms with Gasteiger partial charge in [-0.15, -0.1) is 0 Å². The van der Waals surface area contributed by atoms with Crippen LogP contribution in [0.1, 0.15) is 89.7 Å². The number of aromatic nitrogens is 2. The molecule has 6 atom stereocenters. The van der Waals surface area contributed by atoms with E-state index in [4.69, 9.17) is 0 Å². The van der Waals surface area contributed by atoms with Gasteiger partial charge in [-0.1, -0.05) is 84.7 Å². The third kappa shape index (κ3) is 11.6. The molecule has 1 aliphatic rings. The Kier molecular flexibility index (Phi) is 16.0. The number of rotatable bonds is 19. The Hall–Kier alpha value is -5.21. The molecule has 1 aromatic carbocycles. The summed E-state index contributed by atoms with van der Waals surface area (Å²) >= 11 is 0. The van der Waals surface area contributed by atoms with Gasteiger partial charge in [0, 0.05) is 25.4 Å². The van der Waals surface area contributed by atoms with Crippen LogP contribution in [0, 0.1) is 17.8 Å². The summed E-state index contributed by atoms with van der Waals surface area (Å²) in [5.41, 5.74) is 0.683. The summed E-state index contributed by atoms with van der Waals surface area (Å²) in [4.78, 5) is 103. The minimum Gasteiger partial charge on any atom is -0.480 e. The number of carbonyl (C=O) groups is 7. The Morgan fingerprint density at radius 2 is 1.53 bits per heavy atom. The molecule has 0 saturated carbocycles. The van der Waals surface area contributed by atoms with Crippen molar-refractivity contribution in [3.8, 4) is 0 Å². The molecular formula is C38H53N7O8. The van der Waals surface area contributed by atoms with Crippen LogP contribution < -0.4 is 21.3 Å². The highest BCUT2D eigenvalue weighted by Gasteiger charge is 2.45. The quantitative estimate of drug-likeness (QED) is 0.132. The van der Waals surface area contributed by atoms with Gasteiger partial charge in [-0.3, -0.25) is 33.8 Å². The number of carbonyl (C=O) groups excluding carboxylic acids is 6. The third-order valence-electron chi connectivity index (χ3n) is 9.32. The monoisotopic (exact) mass is 735 g/mol. The van der Waals surface area contributed by atoms with Crippen LogP contribution in [0.5, 0.6) is 0 Å².